The van der Waals surface area contributed by atoms with Crippen LogP contribution in [-0.4, -0.2) is 6.61 Å². The minimum absolute atomic E-state index is 0.645. The van der Waals surface area contributed by atoms with Crippen molar-refractivity contribution in [3.63, 3.8) is 0 Å². The molecule has 22 heavy (non-hydrogen) atoms. The Hall–Kier alpha value is -1.24. The van der Waals surface area contributed by atoms with Crippen LogP contribution in [0.5, 0.6) is 5.75 Å². The number of allylic oxidation sites excluding steroid dienone is 2. The predicted octanol–water partition coefficient (Wildman–Crippen LogP) is 6.89. The SMILES string of the molecule is CC/C=C\CC(CCC)c1ccc(OCCCCCC)cc1. The Kier molecular flexibility index (Phi) is 10.5. The average Bonchev–Trinajstić information content (AvgIpc) is 2.55. The Morgan fingerprint density at radius 1 is 0.909 bits per heavy atom. The van der Waals surface area contributed by atoms with Gasteiger partial charge in [-0.25, -0.2) is 0 Å². The molecule has 0 aliphatic carbocycles. The van der Waals surface area contributed by atoms with E-state index < -0.39 is 0 Å². The van der Waals surface area contributed by atoms with Gasteiger partial charge in [0.25, 0.3) is 0 Å². The molecule has 0 aliphatic rings. The Morgan fingerprint density at radius 2 is 1.68 bits per heavy atom. The van der Waals surface area contributed by atoms with Crippen LogP contribution in [0.3, 0.4) is 0 Å². The van der Waals surface area contributed by atoms with Crippen LogP contribution in [-0.2, 0) is 0 Å². The molecule has 0 spiro atoms. The van der Waals surface area contributed by atoms with Gasteiger partial charge in [-0.05, 0) is 49.3 Å². The van der Waals surface area contributed by atoms with Crippen molar-refractivity contribution in [1.29, 1.82) is 0 Å². The van der Waals surface area contributed by atoms with Crippen molar-refractivity contribution >= 4 is 0 Å². The van der Waals surface area contributed by atoms with E-state index in [1.807, 2.05) is 0 Å². The van der Waals surface area contributed by atoms with Gasteiger partial charge >= 0.3 is 0 Å². The second kappa shape index (κ2) is 12.3. The van der Waals surface area contributed by atoms with Crippen molar-refractivity contribution in [2.24, 2.45) is 0 Å². The van der Waals surface area contributed by atoms with E-state index in [-0.39, 0.29) is 0 Å². The smallest absolute Gasteiger partial charge is 0.119 e. The van der Waals surface area contributed by atoms with Gasteiger partial charge < -0.3 is 4.74 Å². The Labute approximate surface area is 137 Å². The summed E-state index contributed by atoms with van der Waals surface area (Å²) >= 11 is 0. The molecule has 1 rings (SSSR count). The maximum absolute atomic E-state index is 5.83. The first-order valence-corrected chi connectivity index (χ1v) is 9.19. The number of benzene rings is 1. The second-order valence-electron chi connectivity index (χ2n) is 6.08. The molecule has 0 aliphatic heterocycles. The molecule has 0 amide bonds. The molecule has 1 nitrogen and oxygen atoms in total. The van der Waals surface area contributed by atoms with Gasteiger partial charge in [0.2, 0.25) is 0 Å². The highest BCUT2D eigenvalue weighted by Crippen LogP contribution is 2.27. The highest BCUT2D eigenvalue weighted by atomic mass is 16.5. The van der Waals surface area contributed by atoms with E-state index in [0.29, 0.717) is 5.92 Å². The third-order valence-electron chi connectivity index (χ3n) is 4.08. The molecule has 1 aromatic carbocycles. The Morgan fingerprint density at radius 3 is 2.32 bits per heavy atom. The van der Waals surface area contributed by atoms with E-state index in [2.05, 4.69) is 57.2 Å². The molecule has 0 saturated heterocycles. The van der Waals surface area contributed by atoms with Gasteiger partial charge in [-0.1, -0.05) is 70.7 Å². The minimum atomic E-state index is 0.645. The van der Waals surface area contributed by atoms with Crippen LogP contribution in [0.4, 0.5) is 0 Å². The zero-order valence-corrected chi connectivity index (χ0v) is 14.8. The molecule has 1 heteroatoms. The van der Waals surface area contributed by atoms with E-state index in [1.54, 1.807) is 0 Å². The molecule has 0 heterocycles. The van der Waals surface area contributed by atoms with Gasteiger partial charge in [0.15, 0.2) is 0 Å². The Bertz CT molecular complexity index is 391. The van der Waals surface area contributed by atoms with E-state index in [1.165, 1.54) is 37.7 Å². The Balaban J connectivity index is 2.47. The molecular formula is C21H34O. The fraction of sp³-hybridized carbons (Fsp3) is 0.619. The molecular weight excluding hydrogens is 268 g/mol. The lowest BCUT2D eigenvalue weighted by molar-refractivity contribution is 0.305. The van der Waals surface area contributed by atoms with E-state index in [0.717, 1.165) is 31.6 Å². The minimum Gasteiger partial charge on any atom is -0.494 e. The summed E-state index contributed by atoms with van der Waals surface area (Å²) in [6, 6.07) is 8.78. The molecule has 1 aromatic rings. The first kappa shape index (κ1) is 18.8. The van der Waals surface area contributed by atoms with Gasteiger partial charge in [-0.2, -0.15) is 0 Å². The molecule has 1 atom stereocenters. The van der Waals surface area contributed by atoms with E-state index in [4.69, 9.17) is 4.74 Å². The zero-order valence-electron chi connectivity index (χ0n) is 14.8. The van der Waals surface area contributed by atoms with Gasteiger partial charge in [-0.3, -0.25) is 0 Å². The van der Waals surface area contributed by atoms with Crippen LogP contribution in [0, 0.1) is 0 Å². The van der Waals surface area contributed by atoms with Crippen LogP contribution in [0.2, 0.25) is 0 Å². The van der Waals surface area contributed by atoms with Crippen LogP contribution < -0.4 is 4.74 Å². The van der Waals surface area contributed by atoms with Crippen molar-refractivity contribution in [2.45, 2.75) is 78.1 Å². The van der Waals surface area contributed by atoms with Crippen molar-refractivity contribution < 1.29 is 4.74 Å². The summed E-state index contributed by atoms with van der Waals surface area (Å²) in [4.78, 5) is 0. The molecule has 0 aromatic heterocycles. The molecule has 0 N–H and O–H groups in total. The summed E-state index contributed by atoms with van der Waals surface area (Å²) < 4.78 is 5.83. The number of unbranched alkanes of at least 4 members (excludes halogenated alkanes) is 3. The van der Waals surface area contributed by atoms with Gasteiger partial charge in [0, 0.05) is 0 Å². The highest BCUT2D eigenvalue weighted by Gasteiger charge is 2.09. The lowest BCUT2D eigenvalue weighted by Gasteiger charge is -2.15. The summed E-state index contributed by atoms with van der Waals surface area (Å²) in [5.74, 6) is 1.66. The zero-order chi connectivity index (χ0) is 16.0. The van der Waals surface area contributed by atoms with Crippen LogP contribution in [0.15, 0.2) is 36.4 Å². The monoisotopic (exact) mass is 302 g/mol. The molecule has 124 valence electrons. The fourth-order valence-corrected chi connectivity index (χ4v) is 2.75. The molecule has 0 bridgehead atoms. The first-order valence-electron chi connectivity index (χ1n) is 9.19. The normalized spacial score (nSPS) is 12.7. The fourth-order valence-electron chi connectivity index (χ4n) is 2.75. The maximum atomic E-state index is 5.83. The van der Waals surface area contributed by atoms with Crippen molar-refractivity contribution in [2.75, 3.05) is 6.61 Å². The highest BCUT2D eigenvalue weighted by molar-refractivity contribution is 5.29. The van der Waals surface area contributed by atoms with Gasteiger partial charge in [0.1, 0.15) is 5.75 Å². The van der Waals surface area contributed by atoms with Crippen LogP contribution in [0.1, 0.15) is 83.6 Å². The summed E-state index contributed by atoms with van der Waals surface area (Å²) in [6.45, 7) is 7.54. The van der Waals surface area contributed by atoms with Gasteiger partial charge in [0.05, 0.1) is 6.61 Å². The predicted molar refractivity (Wildman–Crippen MR) is 97.8 cm³/mol. The van der Waals surface area contributed by atoms with Crippen LogP contribution >= 0.6 is 0 Å². The summed E-state index contributed by atoms with van der Waals surface area (Å²) in [5, 5.41) is 0. The lowest BCUT2D eigenvalue weighted by Crippen LogP contribution is -2.00. The maximum Gasteiger partial charge on any atom is 0.119 e. The number of hydrogen-bond acceptors (Lipinski definition) is 1. The summed E-state index contributed by atoms with van der Waals surface area (Å²) in [7, 11) is 0. The van der Waals surface area contributed by atoms with Crippen molar-refractivity contribution in [1.82, 2.24) is 0 Å². The van der Waals surface area contributed by atoms with Gasteiger partial charge in [-0.15, -0.1) is 0 Å². The summed E-state index contributed by atoms with van der Waals surface area (Å²) in [6.07, 6.45) is 14.4. The number of hydrogen-bond donors (Lipinski definition) is 0. The molecule has 0 fully saturated rings. The van der Waals surface area contributed by atoms with Crippen LogP contribution in [0.25, 0.3) is 0 Å². The quantitative estimate of drug-likeness (QED) is 0.302. The molecule has 1 unspecified atom stereocenters. The third kappa shape index (κ3) is 7.68. The molecule has 0 saturated carbocycles. The number of ether oxygens (including phenoxy) is 1. The largest absolute Gasteiger partial charge is 0.494 e. The van der Waals surface area contributed by atoms with Crippen molar-refractivity contribution in [3.05, 3.63) is 42.0 Å². The topological polar surface area (TPSA) is 9.23 Å². The van der Waals surface area contributed by atoms with E-state index in [9.17, 15) is 0 Å². The molecule has 0 radical (unpaired) electrons. The third-order valence-corrected chi connectivity index (χ3v) is 4.08. The standard InChI is InChI=1S/C21H34O/c1-4-7-9-11-18-22-21-16-14-20(15-17-21)19(12-6-3)13-10-8-5-2/h8,10,14-17,19H,4-7,9,11-13,18H2,1-3H3/b10-8-. The number of rotatable bonds is 12. The van der Waals surface area contributed by atoms with Crippen molar-refractivity contribution in [3.8, 4) is 5.75 Å². The first-order chi connectivity index (χ1) is 10.8. The average molecular weight is 303 g/mol. The van der Waals surface area contributed by atoms with E-state index >= 15 is 0 Å². The summed E-state index contributed by atoms with van der Waals surface area (Å²) in [5.41, 5.74) is 1.45. The second-order valence-corrected chi connectivity index (χ2v) is 6.08. The lowest BCUT2D eigenvalue weighted by atomic mass is 9.91.